The number of halogens is 1. The molecule has 0 aromatic heterocycles. The predicted octanol–water partition coefficient (Wildman–Crippen LogP) is 3.91. The zero-order valence-electron chi connectivity index (χ0n) is 12.5. The van der Waals surface area contributed by atoms with E-state index in [4.69, 9.17) is 11.6 Å². The fourth-order valence-electron chi connectivity index (χ4n) is 3.02. The highest BCUT2D eigenvalue weighted by molar-refractivity contribution is 7.89. The van der Waals surface area contributed by atoms with Crippen molar-refractivity contribution in [3.63, 3.8) is 0 Å². The van der Waals surface area contributed by atoms with E-state index >= 15 is 0 Å². The highest BCUT2D eigenvalue weighted by atomic mass is 35.5. The first-order valence-electron chi connectivity index (χ1n) is 7.05. The third-order valence-electron chi connectivity index (χ3n) is 4.12. The summed E-state index contributed by atoms with van der Waals surface area (Å²) in [4.78, 5) is 0.389. The van der Waals surface area contributed by atoms with Gasteiger partial charge in [-0.3, -0.25) is 0 Å². The van der Waals surface area contributed by atoms with Crippen molar-refractivity contribution in [3.8, 4) is 0 Å². The molecule has 1 aromatic rings. The molecule has 1 fully saturated rings. The summed E-state index contributed by atoms with van der Waals surface area (Å²) in [6, 6.07) is 3.54. The second-order valence-corrected chi connectivity index (χ2v) is 8.05. The molecule has 112 valence electrons. The van der Waals surface area contributed by atoms with Crippen molar-refractivity contribution in [1.29, 1.82) is 0 Å². The lowest BCUT2D eigenvalue weighted by Gasteiger charge is -2.38. The molecule has 0 aliphatic carbocycles. The number of piperidine rings is 1. The topological polar surface area (TPSA) is 37.4 Å². The number of rotatable bonds is 2. The van der Waals surface area contributed by atoms with E-state index in [1.54, 1.807) is 23.4 Å². The molecule has 3 nitrogen and oxygen atoms in total. The van der Waals surface area contributed by atoms with Crippen molar-refractivity contribution in [2.24, 2.45) is 0 Å². The fraction of sp³-hybridized carbons (Fsp3) is 0.600. The van der Waals surface area contributed by atoms with E-state index in [0.717, 1.165) is 24.8 Å². The average molecular weight is 316 g/mol. The minimum absolute atomic E-state index is 0.0548. The highest BCUT2D eigenvalue weighted by Gasteiger charge is 2.36. The van der Waals surface area contributed by atoms with Crippen LogP contribution in [0.4, 0.5) is 0 Å². The average Bonchev–Trinajstić information content (AvgIpc) is 2.33. The first-order valence-corrected chi connectivity index (χ1v) is 8.87. The molecule has 0 unspecified atom stereocenters. The Labute approximate surface area is 127 Å². The van der Waals surface area contributed by atoms with Crippen LogP contribution in [0, 0.1) is 13.8 Å². The van der Waals surface area contributed by atoms with E-state index in [1.807, 2.05) is 20.8 Å². The molecule has 0 spiro atoms. The summed E-state index contributed by atoms with van der Waals surface area (Å²) in [6.07, 6.45) is 2.94. The Kier molecular flexibility index (Phi) is 4.47. The molecule has 20 heavy (non-hydrogen) atoms. The Bertz CT molecular complexity index is 603. The molecule has 0 radical (unpaired) electrons. The van der Waals surface area contributed by atoms with Crippen LogP contribution in [-0.4, -0.2) is 24.8 Å². The van der Waals surface area contributed by atoms with E-state index in [1.165, 1.54) is 0 Å². The van der Waals surface area contributed by atoms with Gasteiger partial charge in [0, 0.05) is 17.1 Å². The van der Waals surface area contributed by atoms with E-state index in [2.05, 4.69) is 0 Å². The zero-order valence-corrected chi connectivity index (χ0v) is 14.1. The quantitative estimate of drug-likeness (QED) is 0.829. The normalized spacial score (nSPS) is 24.9. The second-order valence-electron chi connectivity index (χ2n) is 5.83. The molecule has 1 aliphatic rings. The van der Waals surface area contributed by atoms with Crippen LogP contribution in [0.3, 0.4) is 0 Å². The van der Waals surface area contributed by atoms with Crippen LogP contribution in [0.25, 0.3) is 0 Å². The molecule has 0 amide bonds. The lowest BCUT2D eigenvalue weighted by atomic mass is 10.0. The summed E-state index contributed by atoms with van der Waals surface area (Å²) in [6.45, 7) is 7.62. The zero-order chi connectivity index (χ0) is 15.1. The van der Waals surface area contributed by atoms with Crippen LogP contribution < -0.4 is 0 Å². The highest BCUT2D eigenvalue weighted by Crippen LogP contribution is 2.32. The van der Waals surface area contributed by atoms with Gasteiger partial charge >= 0.3 is 0 Å². The maximum atomic E-state index is 13.0. The van der Waals surface area contributed by atoms with Crippen molar-refractivity contribution in [2.75, 3.05) is 0 Å². The molecule has 2 atom stereocenters. The summed E-state index contributed by atoms with van der Waals surface area (Å²) in [5, 5.41) is 0.612. The molecular weight excluding hydrogens is 294 g/mol. The number of nitrogens with zero attached hydrogens (tertiary/aromatic N) is 1. The molecule has 5 heteroatoms. The van der Waals surface area contributed by atoms with Crippen LogP contribution in [-0.2, 0) is 10.0 Å². The maximum Gasteiger partial charge on any atom is 0.243 e. The van der Waals surface area contributed by atoms with Crippen molar-refractivity contribution in [3.05, 3.63) is 28.3 Å². The van der Waals surface area contributed by atoms with Crippen LogP contribution in [0.1, 0.15) is 44.2 Å². The fourth-order valence-corrected chi connectivity index (χ4v) is 5.41. The van der Waals surface area contributed by atoms with Crippen LogP contribution in [0.2, 0.25) is 5.02 Å². The number of sulfonamides is 1. The third kappa shape index (κ3) is 2.74. The Morgan fingerprint density at radius 3 is 2.20 bits per heavy atom. The molecule has 1 heterocycles. The van der Waals surface area contributed by atoms with Crippen molar-refractivity contribution in [2.45, 2.75) is 63.9 Å². The van der Waals surface area contributed by atoms with Crippen molar-refractivity contribution < 1.29 is 8.42 Å². The van der Waals surface area contributed by atoms with Crippen LogP contribution in [0.5, 0.6) is 0 Å². The van der Waals surface area contributed by atoms with Gasteiger partial charge in [-0.25, -0.2) is 8.42 Å². The molecule has 1 aliphatic heterocycles. The minimum Gasteiger partial charge on any atom is -0.207 e. The first kappa shape index (κ1) is 15.8. The van der Waals surface area contributed by atoms with Crippen molar-refractivity contribution >= 4 is 21.6 Å². The van der Waals surface area contributed by atoms with E-state index < -0.39 is 10.0 Å². The molecule has 1 saturated heterocycles. The van der Waals surface area contributed by atoms with Gasteiger partial charge in [0.15, 0.2) is 0 Å². The Balaban J connectivity index is 2.52. The molecule has 1 aromatic carbocycles. The summed E-state index contributed by atoms with van der Waals surface area (Å²) in [5.74, 6) is 0. The summed E-state index contributed by atoms with van der Waals surface area (Å²) in [7, 11) is -3.46. The van der Waals surface area contributed by atoms with E-state index in [-0.39, 0.29) is 12.1 Å². The van der Waals surface area contributed by atoms with Crippen LogP contribution >= 0.6 is 11.6 Å². The molecular formula is C15H22ClNO2S. The van der Waals surface area contributed by atoms with E-state index in [0.29, 0.717) is 15.5 Å². The van der Waals surface area contributed by atoms with Gasteiger partial charge in [0.2, 0.25) is 10.0 Å². The lowest BCUT2D eigenvalue weighted by molar-refractivity contribution is 0.204. The SMILES string of the molecule is Cc1cc(S(=O)(=O)N2[C@@H](C)CCC[C@@H]2C)c(C)cc1Cl. The van der Waals surface area contributed by atoms with Gasteiger partial charge in [-0.1, -0.05) is 18.0 Å². The van der Waals surface area contributed by atoms with Crippen LogP contribution in [0.15, 0.2) is 17.0 Å². The first-order chi connectivity index (χ1) is 9.25. The number of hydrogen-bond donors (Lipinski definition) is 0. The summed E-state index contributed by atoms with van der Waals surface area (Å²) in [5.41, 5.74) is 1.51. The van der Waals surface area contributed by atoms with Crippen molar-refractivity contribution in [1.82, 2.24) is 4.31 Å². The second kappa shape index (κ2) is 5.66. The minimum atomic E-state index is -3.46. The van der Waals surface area contributed by atoms with Gasteiger partial charge in [0.25, 0.3) is 0 Å². The predicted molar refractivity (Wildman–Crippen MR) is 82.7 cm³/mol. The van der Waals surface area contributed by atoms with Gasteiger partial charge in [-0.2, -0.15) is 4.31 Å². The Hall–Kier alpha value is -0.580. The smallest absolute Gasteiger partial charge is 0.207 e. The van der Waals surface area contributed by atoms with Gasteiger partial charge in [-0.15, -0.1) is 0 Å². The molecule has 2 rings (SSSR count). The number of benzene rings is 1. The third-order valence-corrected chi connectivity index (χ3v) is 6.80. The van der Waals surface area contributed by atoms with Gasteiger partial charge in [0.05, 0.1) is 4.90 Å². The van der Waals surface area contributed by atoms with Gasteiger partial charge in [0.1, 0.15) is 0 Å². The molecule has 0 saturated carbocycles. The Morgan fingerprint density at radius 2 is 1.65 bits per heavy atom. The van der Waals surface area contributed by atoms with Gasteiger partial charge in [-0.05, 0) is 63.8 Å². The summed E-state index contributed by atoms with van der Waals surface area (Å²) >= 11 is 6.07. The standard InChI is InChI=1S/C15H22ClNO2S/c1-10-9-15(11(2)8-14(10)16)20(18,19)17-12(3)6-5-7-13(17)4/h8-9,12-13H,5-7H2,1-4H3/t12-,13-/m0/s1. The Morgan fingerprint density at radius 1 is 1.10 bits per heavy atom. The monoisotopic (exact) mass is 315 g/mol. The van der Waals surface area contributed by atoms with Gasteiger partial charge < -0.3 is 0 Å². The van der Waals surface area contributed by atoms with E-state index in [9.17, 15) is 8.42 Å². The molecule has 0 bridgehead atoms. The number of hydrogen-bond acceptors (Lipinski definition) is 2. The lowest BCUT2D eigenvalue weighted by Crippen LogP contribution is -2.47. The molecule has 0 N–H and O–H groups in total. The number of aryl methyl sites for hydroxylation is 2. The largest absolute Gasteiger partial charge is 0.243 e. The summed E-state index contributed by atoms with van der Waals surface area (Å²) < 4.78 is 27.6. The maximum absolute atomic E-state index is 13.0.